The molecule has 0 saturated carbocycles. The highest BCUT2D eigenvalue weighted by molar-refractivity contribution is 5.69. The van der Waals surface area contributed by atoms with Crippen LogP contribution < -0.4 is 4.90 Å². The highest BCUT2D eigenvalue weighted by Crippen LogP contribution is 2.46. The molecule has 2 aliphatic rings. The first-order valence-corrected chi connectivity index (χ1v) is 7.29. The van der Waals surface area contributed by atoms with E-state index in [1.54, 1.807) is 0 Å². The third kappa shape index (κ3) is 2.08. The molecule has 0 bridgehead atoms. The van der Waals surface area contributed by atoms with E-state index >= 15 is 0 Å². The second-order valence-electron chi connectivity index (χ2n) is 6.16. The second kappa shape index (κ2) is 4.68. The Kier molecular flexibility index (Phi) is 3.14. The van der Waals surface area contributed by atoms with Crippen molar-refractivity contribution in [3.05, 3.63) is 42.1 Å². The second-order valence-corrected chi connectivity index (χ2v) is 6.16. The molecule has 1 saturated heterocycles. The molecule has 0 radical (unpaired) electrons. The molecule has 0 aliphatic carbocycles. The summed E-state index contributed by atoms with van der Waals surface area (Å²) in [7, 11) is 0. The van der Waals surface area contributed by atoms with Crippen molar-refractivity contribution in [1.82, 2.24) is 0 Å². The minimum atomic E-state index is 0.0487. The Bertz CT molecular complexity index is 486. The Morgan fingerprint density at radius 2 is 2.16 bits per heavy atom. The summed E-state index contributed by atoms with van der Waals surface area (Å²) in [4.78, 5) is 2.39. The molecule has 1 unspecified atom stereocenters. The molecule has 0 amide bonds. The van der Waals surface area contributed by atoms with Crippen LogP contribution in [0.4, 0.5) is 5.69 Å². The number of ether oxygens (including phenoxy) is 1. The first kappa shape index (κ1) is 12.7. The summed E-state index contributed by atoms with van der Waals surface area (Å²) in [6, 6.07) is 8.68. The number of hydrogen-bond donors (Lipinski definition) is 0. The van der Waals surface area contributed by atoms with Gasteiger partial charge in [-0.05, 0) is 30.9 Å². The fourth-order valence-electron chi connectivity index (χ4n) is 3.28. The molecule has 3 rings (SSSR count). The predicted molar refractivity (Wildman–Crippen MR) is 79.5 cm³/mol. The van der Waals surface area contributed by atoms with Crippen LogP contribution in [0.25, 0.3) is 0 Å². The normalized spacial score (nSPS) is 24.8. The lowest BCUT2D eigenvalue weighted by molar-refractivity contribution is 0.106. The maximum absolute atomic E-state index is 5.73. The molecule has 2 heterocycles. The number of allylic oxidation sites excluding steroid dienone is 1. The smallest absolute Gasteiger partial charge is 0.0593 e. The van der Waals surface area contributed by atoms with Crippen LogP contribution in [0.1, 0.15) is 38.7 Å². The largest absolute Gasteiger partial charge is 0.378 e. The van der Waals surface area contributed by atoms with Crippen molar-refractivity contribution in [2.45, 2.75) is 44.6 Å². The summed E-state index contributed by atoms with van der Waals surface area (Å²) in [5.74, 6) is 0. The van der Waals surface area contributed by atoms with Gasteiger partial charge in [-0.2, -0.15) is 0 Å². The Hall–Kier alpha value is -1.28. The SMILES string of the molecule is C=C1N(CCC2CCCO2)c2ccccc2C1(C)C. The van der Waals surface area contributed by atoms with Crippen molar-refractivity contribution in [2.24, 2.45) is 0 Å². The van der Waals surface area contributed by atoms with E-state index in [-0.39, 0.29) is 5.41 Å². The minimum absolute atomic E-state index is 0.0487. The van der Waals surface area contributed by atoms with Crippen molar-refractivity contribution in [3.63, 3.8) is 0 Å². The van der Waals surface area contributed by atoms with E-state index in [1.165, 1.54) is 29.8 Å². The summed E-state index contributed by atoms with van der Waals surface area (Å²) in [6.45, 7) is 10.8. The number of benzene rings is 1. The van der Waals surface area contributed by atoms with Crippen LogP contribution in [0.5, 0.6) is 0 Å². The standard InChI is InChI=1S/C17H23NO/c1-13-17(2,3)15-8-4-5-9-16(15)18(13)11-10-14-7-6-12-19-14/h4-5,8-9,14H,1,6-7,10-12H2,2-3H3. The molecule has 0 aromatic heterocycles. The van der Waals surface area contributed by atoms with Gasteiger partial charge in [0, 0.05) is 30.0 Å². The van der Waals surface area contributed by atoms with Gasteiger partial charge in [0.2, 0.25) is 0 Å². The van der Waals surface area contributed by atoms with Gasteiger partial charge in [-0.15, -0.1) is 0 Å². The fraction of sp³-hybridized carbons (Fsp3) is 0.529. The molecular weight excluding hydrogens is 234 g/mol. The van der Waals surface area contributed by atoms with Gasteiger partial charge < -0.3 is 9.64 Å². The number of nitrogens with zero attached hydrogens (tertiary/aromatic N) is 1. The molecule has 0 N–H and O–H groups in total. The van der Waals surface area contributed by atoms with Gasteiger partial charge in [0.05, 0.1) is 6.10 Å². The van der Waals surface area contributed by atoms with Crippen LogP contribution in [-0.4, -0.2) is 19.3 Å². The van der Waals surface area contributed by atoms with E-state index in [2.05, 4.69) is 49.6 Å². The zero-order valence-corrected chi connectivity index (χ0v) is 12.0. The van der Waals surface area contributed by atoms with Crippen molar-refractivity contribution in [1.29, 1.82) is 0 Å². The number of anilines is 1. The van der Waals surface area contributed by atoms with Crippen molar-refractivity contribution in [2.75, 3.05) is 18.1 Å². The predicted octanol–water partition coefficient (Wildman–Crippen LogP) is 3.87. The Morgan fingerprint density at radius 1 is 1.37 bits per heavy atom. The van der Waals surface area contributed by atoms with Crippen molar-refractivity contribution >= 4 is 5.69 Å². The maximum Gasteiger partial charge on any atom is 0.0593 e. The Labute approximate surface area is 116 Å². The summed E-state index contributed by atoms with van der Waals surface area (Å²) < 4.78 is 5.73. The molecule has 2 nitrogen and oxygen atoms in total. The fourth-order valence-corrected chi connectivity index (χ4v) is 3.28. The molecule has 2 heteroatoms. The number of hydrogen-bond acceptors (Lipinski definition) is 2. The number of rotatable bonds is 3. The van der Waals surface area contributed by atoms with E-state index in [0.717, 1.165) is 19.6 Å². The lowest BCUT2D eigenvalue weighted by Crippen LogP contribution is -2.28. The third-order valence-electron chi connectivity index (χ3n) is 4.61. The van der Waals surface area contributed by atoms with E-state index in [0.29, 0.717) is 6.10 Å². The average Bonchev–Trinajstić information content (AvgIpc) is 2.97. The van der Waals surface area contributed by atoms with E-state index in [4.69, 9.17) is 4.74 Å². The summed E-state index contributed by atoms with van der Waals surface area (Å²) in [6.07, 6.45) is 3.98. The first-order chi connectivity index (χ1) is 9.10. The third-order valence-corrected chi connectivity index (χ3v) is 4.61. The monoisotopic (exact) mass is 257 g/mol. The highest BCUT2D eigenvalue weighted by Gasteiger charge is 2.38. The van der Waals surface area contributed by atoms with Crippen LogP contribution >= 0.6 is 0 Å². The Balaban J connectivity index is 1.80. The number of para-hydroxylation sites is 1. The Morgan fingerprint density at radius 3 is 2.89 bits per heavy atom. The van der Waals surface area contributed by atoms with E-state index in [1.807, 2.05) is 0 Å². The lowest BCUT2D eigenvalue weighted by atomic mass is 9.84. The topological polar surface area (TPSA) is 12.5 Å². The van der Waals surface area contributed by atoms with Gasteiger partial charge in [0.25, 0.3) is 0 Å². The van der Waals surface area contributed by atoms with E-state index < -0.39 is 0 Å². The maximum atomic E-state index is 5.73. The average molecular weight is 257 g/mol. The van der Waals surface area contributed by atoms with Gasteiger partial charge in [0.1, 0.15) is 0 Å². The molecule has 1 aromatic carbocycles. The van der Waals surface area contributed by atoms with Crippen LogP contribution in [0.15, 0.2) is 36.5 Å². The van der Waals surface area contributed by atoms with Gasteiger partial charge in [-0.1, -0.05) is 38.6 Å². The van der Waals surface area contributed by atoms with Crippen LogP contribution in [-0.2, 0) is 10.2 Å². The van der Waals surface area contributed by atoms with Crippen LogP contribution in [0, 0.1) is 0 Å². The van der Waals surface area contributed by atoms with Crippen molar-refractivity contribution < 1.29 is 4.74 Å². The molecule has 2 aliphatic heterocycles. The molecule has 1 fully saturated rings. The van der Waals surface area contributed by atoms with Gasteiger partial charge in [-0.25, -0.2) is 0 Å². The van der Waals surface area contributed by atoms with Crippen LogP contribution in [0.3, 0.4) is 0 Å². The van der Waals surface area contributed by atoms with E-state index in [9.17, 15) is 0 Å². The summed E-state index contributed by atoms with van der Waals surface area (Å²) >= 11 is 0. The molecule has 0 spiro atoms. The summed E-state index contributed by atoms with van der Waals surface area (Å²) in [5, 5.41) is 0. The molecule has 19 heavy (non-hydrogen) atoms. The zero-order valence-electron chi connectivity index (χ0n) is 12.0. The van der Waals surface area contributed by atoms with Crippen molar-refractivity contribution in [3.8, 4) is 0 Å². The zero-order chi connectivity index (χ0) is 13.5. The minimum Gasteiger partial charge on any atom is -0.378 e. The van der Waals surface area contributed by atoms with Gasteiger partial charge in [0.15, 0.2) is 0 Å². The molecular formula is C17H23NO. The number of fused-ring (bicyclic) bond motifs is 1. The summed E-state index contributed by atoms with van der Waals surface area (Å²) in [5.41, 5.74) is 3.99. The molecule has 102 valence electrons. The van der Waals surface area contributed by atoms with Gasteiger partial charge in [-0.3, -0.25) is 0 Å². The highest BCUT2D eigenvalue weighted by atomic mass is 16.5. The first-order valence-electron chi connectivity index (χ1n) is 7.29. The lowest BCUT2D eigenvalue weighted by Gasteiger charge is -2.26. The van der Waals surface area contributed by atoms with Gasteiger partial charge >= 0.3 is 0 Å². The quantitative estimate of drug-likeness (QED) is 0.815. The van der Waals surface area contributed by atoms with Crippen LogP contribution in [0.2, 0.25) is 0 Å². The molecule has 1 aromatic rings. The molecule has 1 atom stereocenters.